The van der Waals surface area contributed by atoms with Gasteiger partial charge in [0, 0.05) is 5.41 Å². The summed E-state index contributed by atoms with van der Waals surface area (Å²) in [5.41, 5.74) is 0.445. The topological polar surface area (TPSA) is 87.0 Å². The van der Waals surface area contributed by atoms with E-state index in [1.807, 2.05) is 6.92 Å². The van der Waals surface area contributed by atoms with Gasteiger partial charge in [-0.25, -0.2) is 0 Å². The third-order valence-corrected chi connectivity index (χ3v) is 13.3. The van der Waals surface area contributed by atoms with Gasteiger partial charge in [0.05, 0.1) is 31.3 Å². The summed E-state index contributed by atoms with van der Waals surface area (Å²) in [7, 11) is 1.55. The summed E-state index contributed by atoms with van der Waals surface area (Å²) >= 11 is 0. The van der Waals surface area contributed by atoms with E-state index in [-0.39, 0.29) is 46.1 Å². The Hall–Kier alpha value is -0.910. The lowest BCUT2D eigenvalue weighted by atomic mass is 9.33. The average molecular weight is 503 g/mol. The zero-order chi connectivity index (χ0) is 26.5. The smallest absolute Gasteiger partial charge is 0.312 e. The molecule has 5 heteroatoms. The van der Waals surface area contributed by atoms with Gasteiger partial charge in [0.25, 0.3) is 0 Å². The first-order valence-electron chi connectivity index (χ1n) is 14.4. The molecular weight excluding hydrogens is 452 g/mol. The Labute approximate surface area is 218 Å². The highest BCUT2D eigenvalue weighted by Crippen LogP contribution is 2.75. The molecule has 5 aliphatic rings. The van der Waals surface area contributed by atoms with Crippen LogP contribution in [0.3, 0.4) is 0 Å². The Kier molecular flexibility index (Phi) is 5.97. The van der Waals surface area contributed by atoms with Crippen LogP contribution in [0.5, 0.6) is 0 Å². The second-order valence-corrected chi connectivity index (χ2v) is 15.2. The summed E-state index contributed by atoms with van der Waals surface area (Å²) in [6.07, 6.45) is 9.16. The molecule has 0 amide bonds. The first kappa shape index (κ1) is 26.7. The van der Waals surface area contributed by atoms with Crippen molar-refractivity contribution < 1.29 is 24.9 Å². The molecule has 10 atom stereocenters. The molecule has 3 N–H and O–H groups in total. The molecule has 4 fully saturated rings. The predicted octanol–water partition coefficient (Wildman–Crippen LogP) is 5.27. The largest absolute Gasteiger partial charge is 0.469 e. The quantitative estimate of drug-likeness (QED) is 0.354. The fraction of sp³-hybridized carbons (Fsp3) is 0.903. The Morgan fingerprint density at radius 2 is 1.64 bits per heavy atom. The summed E-state index contributed by atoms with van der Waals surface area (Å²) in [5, 5.41) is 32.4. The fourth-order valence-corrected chi connectivity index (χ4v) is 11.0. The molecule has 0 bridgehead atoms. The van der Waals surface area contributed by atoms with Crippen LogP contribution < -0.4 is 0 Å². The normalized spacial score (nSPS) is 53.7. The van der Waals surface area contributed by atoms with E-state index in [1.165, 1.54) is 5.57 Å². The maximum absolute atomic E-state index is 13.4. The van der Waals surface area contributed by atoms with Crippen LogP contribution in [0.15, 0.2) is 11.6 Å². The van der Waals surface area contributed by atoms with Crippen molar-refractivity contribution in [3.63, 3.8) is 0 Å². The summed E-state index contributed by atoms with van der Waals surface area (Å²) in [6, 6.07) is 0. The maximum atomic E-state index is 13.4. The minimum Gasteiger partial charge on any atom is -0.469 e. The van der Waals surface area contributed by atoms with Crippen molar-refractivity contribution in [1.82, 2.24) is 0 Å². The minimum absolute atomic E-state index is 0.0167. The molecule has 0 aliphatic heterocycles. The van der Waals surface area contributed by atoms with E-state index >= 15 is 0 Å². The third kappa shape index (κ3) is 3.14. The van der Waals surface area contributed by atoms with E-state index in [0.717, 1.165) is 51.4 Å². The van der Waals surface area contributed by atoms with Crippen LogP contribution in [-0.4, -0.2) is 47.2 Å². The van der Waals surface area contributed by atoms with Crippen molar-refractivity contribution >= 4 is 5.97 Å². The van der Waals surface area contributed by atoms with Gasteiger partial charge in [-0.15, -0.1) is 0 Å². The van der Waals surface area contributed by atoms with Gasteiger partial charge in [-0.2, -0.15) is 0 Å². The molecule has 0 aromatic rings. The standard InChI is InChI=1S/C31H50O5/c1-26(2)12-14-31(25(35)36-7)15-13-29(5)19(20(31)16-26)8-9-23-27(3)17-21(33)24(34)28(4,18-32)22(27)10-11-30(23,29)6/h8,20-24,32-34H,9-18H2,1-7H3/t20-,21+,22?,23+,24-,27-,28-,29+,30+,31-/m0/s1. The number of hydrogen-bond donors (Lipinski definition) is 3. The molecule has 0 aromatic carbocycles. The number of aliphatic hydroxyl groups is 3. The Balaban J connectivity index is 1.61. The first-order valence-corrected chi connectivity index (χ1v) is 14.4. The second-order valence-electron chi connectivity index (χ2n) is 15.2. The van der Waals surface area contributed by atoms with E-state index in [0.29, 0.717) is 12.3 Å². The highest BCUT2D eigenvalue weighted by molar-refractivity contribution is 5.78. The van der Waals surface area contributed by atoms with E-state index in [4.69, 9.17) is 4.74 Å². The van der Waals surface area contributed by atoms with Gasteiger partial charge in [0.1, 0.15) is 0 Å². The molecule has 204 valence electrons. The number of carbonyl (C=O) groups is 1. The Bertz CT molecular complexity index is 957. The van der Waals surface area contributed by atoms with Crippen molar-refractivity contribution in [3.8, 4) is 0 Å². The Morgan fingerprint density at radius 1 is 0.972 bits per heavy atom. The molecular formula is C31H50O5. The number of methoxy groups -OCH3 is 1. The predicted molar refractivity (Wildman–Crippen MR) is 140 cm³/mol. The summed E-state index contributed by atoms with van der Waals surface area (Å²) in [4.78, 5) is 13.4. The molecule has 0 heterocycles. The van der Waals surface area contributed by atoms with Gasteiger partial charge in [0.2, 0.25) is 0 Å². The van der Waals surface area contributed by atoms with Crippen LogP contribution >= 0.6 is 0 Å². The second kappa shape index (κ2) is 8.05. The van der Waals surface area contributed by atoms with Crippen molar-refractivity contribution in [1.29, 1.82) is 0 Å². The highest BCUT2D eigenvalue weighted by Gasteiger charge is 2.70. The monoisotopic (exact) mass is 502 g/mol. The SMILES string of the molecule is COC(=O)[C@]12CCC(C)(C)C[C@H]1C1=CC[C@@H]3[C@@]4(C)C[C@@H](O)[C@H](O)[C@@](C)(CO)C4CC[C@@]3(C)[C@]1(C)CC2. The van der Waals surface area contributed by atoms with Crippen LogP contribution in [0, 0.1) is 50.2 Å². The summed E-state index contributed by atoms with van der Waals surface area (Å²) < 4.78 is 5.47. The summed E-state index contributed by atoms with van der Waals surface area (Å²) in [5.74, 6) is 0.721. The molecule has 5 nitrogen and oxygen atoms in total. The fourth-order valence-electron chi connectivity index (χ4n) is 11.0. The van der Waals surface area contributed by atoms with Crippen LogP contribution in [-0.2, 0) is 9.53 Å². The molecule has 1 unspecified atom stereocenters. The van der Waals surface area contributed by atoms with E-state index in [9.17, 15) is 20.1 Å². The van der Waals surface area contributed by atoms with Crippen molar-refractivity contribution in [3.05, 3.63) is 11.6 Å². The van der Waals surface area contributed by atoms with Gasteiger partial charge in [-0.05, 0) is 97.2 Å². The van der Waals surface area contributed by atoms with Crippen LogP contribution in [0.2, 0.25) is 0 Å². The van der Waals surface area contributed by atoms with E-state index in [2.05, 4.69) is 40.7 Å². The Morgan fingerprint density at radius 3 is 2.28 bits per heavy atom. The maximum Gasteiger partial charge on any atom is 0.312 e. The number of carbonyl (C=O) groups excluding carboxylic acids is 1. The van der Waals surface area contributed by atoms with Gasteiger partial charge in [0.15, 0.2) is 0 Å². The molecule has 5 rings (SSSR count). The van der Waals surface area contributed by atoms with Gasteiger partial charge >= 0.3 is 5.97 Å². The molecule has 36 heavy (non-hydrogen) atoms. The van der Waals surface area contributed by atoms with Crippen molar-refractivity contribution in [2.24, 2.45) is 50.2 Å². The number of esters is 1. The number of rotatable bonds is 2. The van der Waals surface area contributed by atoms with E-state index in [1.54, 1.807) is 7.11 Å². The number of aliphatic hydroxyl groups excluding tert-OH is 3. The van der Waals surface area contributed by atoms with E-state index < -0.39 is 23.0 Å². The zero-order valence-electron chi connectivity index (χ0n) is 23.7. The molecule has 0 spiro atoms. The van der Waals surface area contributed by atoms with Gasteiger partial charge in [-0.3, -0.25) is 4.79 Å². The van der Waals surface area contributed by atoms with Crippen LogP contribution in [0.4, 0.5) is 0 Å². The number of allylic oxidation sites excluding steroid dienone is 2. The van der Waals surface area contributed by atoms with Gasteiger partial charge in [-0.1, -0.05) is 53.2 Å². The highest BCUT2D eigenvalue weighted by atomic mass is 16.5. The van der Waals surface area contributed by atoms with Crippen molar-refractivity contribution in [2.45, 2.75) is 112 Å². The lowest BCUT2D eigenvalue weighted by molar-refractivity contribution is -0.243. The van der Waals surface area contributed by atoms with Crippen LogP contribution in [0.1, 0.15) is 99.3 Å². The summed E-state index contributed by atoms with van der Waals surface area (Å²) in [6.45, 7) is 13.9. The van der Waals surface area contributed by atoms with Crippen molar-refractivity contribution in [2.75, 3.05) is 13.7 Å². The molecule has 0 saturated heterocycles. The molecule has 0 radical (unpaired) electrons. The molecule has 5 aliphatic carbocycles. The number of hydrogen-bond acceptors (Lipinski definition) is 5. The number of ether oxygens (including phenoxy) is 1. The first-order chi connectivity index (χ1) is 16.7. The molecule has 0 aromatic heterocycles. The zero-order valence-corrected chi connectivity index (χ0v) is 23.7. The lowest BCUT2D eigenvalue weighted by Crippen LogP contribution is -2.68. The molecule has 4 saturated carbocycles. The van der Waals surface area contributed by atoms with Gasteiger partial charge < -0.3 is 20.1 Å². The minimum atomic E-state index is -0.893. The third-order valence-electron chi connectivity index (χ3n) is 13.3. The van der Waals surface area contributed by atoms with Crippen LogP contribution in [0.25, 0.3) is 0 Å². The average Bonchev–Trinajstić information content (AvgIpc) is 2.82. The number of fused-ring (bicyclic) bond motifs is 7. The lowest BCUT2D eigenvalue weighted by Gasteiger charge is -2.71.